The smallest absolute Gasteiger partial charge is 0.293 e. The third-order valence-electron chi connectivity index (χ3n) is 5.60. The number of methoxy groups -OCH3 is 2. The number of rotatable bonds is 9. The Balaban J connectivity index is 1.56. The summed E-state index contributed by atoms with van der Waals surface area (Å²) in [5, 5.41) is -0.383. The van der Waals surface area contributed by atoms with Gasteiger partial charge in [0, 0.05) is 17.2 Å². The topological polar surface area (TPSA) is 82.1 Å². The molecule has 8 heteroatoms. The van der Waals surface area contributed by atoms with Crippen LogP contribution < -0.4 is 14.2 Å². The Morgan fingerprint density at radius 1 is 0.944 bits per heavy atom. The molecule has 36 heavy (non-hydrogen) atoms. The summed E-state index contributed by atoms with van der Waals surface area (Å²) < 4.78 is 16.6. The minimum atomic E-state index is -0.425. The lowest BCUT2D eigenvalue weighted by Gasteiger charge is -2.14. The Hall–Kier alpha value is -4.04. The van der Waals surface area contributed by atoms with E-state index in [1.807, 2.05) is 37.3 Å². The van der Waals surface area contributed by atoms with Gasteiger partial charge in [-0.25, -0.2) is 0 Å². The first-order chi connectivity index (χ1) is 17.4. The van der Waals surface area contributed by atoms with Crippen LogP contribution in [0, 0.1) is 6.92 Å². The number of aryl methyl sites for hydroxylation is 1. The summed E-state index contributed by atoms with van der Waals surface area (Å²) >= 11 is 0.836. The fraction of sp³-hybridized carbons (Fsp3) is 0.179. The Labute approximate surface area is 213 Å². The second kappa shape index (κ2) is 11.1. The van der Waals surface area contributed by atoms with Crippen molar-refractivity contribution in [2.24, 2.45) is 0 Å². The van der Waals surface area contributed by atoms with Crippen molar-refractivity contribution in [1.82, 2.24) is 4.90 Å². The van der Waals surface area contributed by atoms with Gasteiger partial charge in [-0.2, -0.15) is 0 Å². The molecule has 1 aliphatic rings. The quantitative estimate of drug-likeness (QED) is 0.287. The largest absolute Gasteiger partial charge is 0.496 e. The highest BCUT2D eigenvalue weighted by Gasteiger charge is 2.35. The van der Waals surface area contributed by atoms with Crippen LogP contribution >= 0.6 is 11.8 Å². The summed E-state index contributed by atoms with van der Waals surface area (Å²) in [6.07, 6.45) is 1.56. The minimum Gasteiger partial charge on any atom is -0.496 e. The number of thioether (sulfide) groups is 1. The van der Waals surface area contributed by atoms with E-state index in [1.165, 1.54) is 14.2 Å². The maximum Gasteiger partial charge on any atom is 0.293 e. The van der Waals surface area contributed by atoms with Gasteiger partial charge in [-0.15, -0.1) is 0 Å². The first kappa shape index (κ1) is 25.1. The molecular formula is C28H25NO6S. The fourth-order valence-corrected chi connectivity index (χ4v) is 4.54. The van der Waals surface area contributed by atoms with Gasteiger partial charge in [0.15, 0.2) is 5.78 Å². The monoisotopic (exact) mass is 503 g/mol. The van der Waals surface area contributed by atoms with Crippen LogP contribution in [0.2, 0.25) is 0 Å². The number of benzene rings is 3. The van der Waals surface area contributed by atoms with E-state index in [4.69, 9.17) is 14.2 Å². The average Bonchev–Trinajstić information content (AvgIpc) is 3.17. The molecule has 0 unspecified atom stereocenters. The van der Waals surface area contributed by atoms with E-state index in [0.717, 1.165) is 22.2 Å². The van der Waals surface area contributed by atoms with E-state index < -0.39 is 5.91 Å². The summed E-state index contributed by atoms with van der Waals surface area (Å²) in [5.41, 5.74) is 2.42. The van der Waals surface area contributed by atoms with Gasteiger partial charge in [0.05, 0.1) is 31.2 Å². The molecule has 0 spiro atoms. The number of ketones is 1. The molecule has 1 aliphatic heterocycles. The van der Waals surface area contributed by atoms with Gasteiger partial charge in [-0.05, 0) is 43.0 Å². The predicted octanol–water partition coefficient (Wildman–Crippen LogP) is 5.36. The third-order valence-corrected chi connectivity index (χ3v) is 6.50. The molecule has 1 saturated heterocycles. The number of imide groups is 1. The summed E-state index contributed by atoms with van der Waals surface area (Å²) in [4.78, 5) is 40.1. The summed E-state index contributed by atoms with van der Waals surface area (Å²) in [7, 11) is 2.96. The number of ether oxygens (including phenoxy) is 3. The van der Waals surface area contributed by atoms with Gasteiger partial charge >= 0.3 is 0 Å². The standard InChI is InChI=1S/C28H25NO6S/c1-18-9-11-21(12-10-18)35-14-13-29-27(31)25(36-28(29)32)16-20-15-22(24(34-3)17-23(20)33-2)26(30)19-7-5-4-6-8-19/h4-12,15-17H,13-14H2,1-3H3/b25-16-. The zero-order valence-electron chi connectivity index (χ0n) is 20.1. The Morgan fingerprint density at radius 3 is 2.31 bits per heavy atom. The predicted molar refractivity (Wildman–Crippen MR) is 139 cm³/mol. The van der Waals surface area contributed by atoms with Crippen LogP contribution in [0.4, 0.5) is 4.79 Å². The fourth-order valence-electron chi connectivity index (χ4n) is 3.68. The first-order valence-corrected chi connectivity index (χ1v) is 12.0. The molecule has 2 amide bonds. The van der Waals surface area contributed by atoms with Gasteiger partial charge in [-0.1, -0.05) is 48.0 Å². The van der Waals surface area contributed by atoms with Crippen LogP contribution in [0.1, 0.15) is 27.0 Å². The molecular weight excluding hydrogens is 478 g/mol. The van der Waals surface area contributed by atoms with E-state index in [2.05, 4.69) is 0 Å². The van der Waals surface area contributed by atoms with Crippen molar-refractivity contribution in [3.8, 4) is 17.2 Å². The van der Waals surface area contributed by atoms with E-state index in [9.17, 15) is 14.4 Å². The highest BCUT2D eigenvalue weighted by atomic mass is 32.2. The normalized spacial score (nSPS) is 14.3. The molecule has 7 nitrogen and oxygen atoms in total. The van der Waals surface area contributed by atoms with E-state index >= 15 is 0 Å². The number of nitrogens with zero attached hydrogens (tertiary/aromatic N) is 1. The molecule has 184 valence electrons. The number of amides is 2. The molecule has 0 atom stereocenters. The Kier molecular flexibility index (Phi) is 7.75. The van der Waals surface area contributed by atoms with Crippen LogP contribution in [-0.4, -0.2) is 49.2 Å². The average molecular weight is 504 g/mol. The molecule has 0 radical (unpaired) electrons. The molecule has 0 saturated carbocycles. The Morgan fingerprint density at radius 2 is 1.64 bits per heavy atom. The van der Waals surface area contributed by atoms with Crippen molar-refractivity contribution in [1.29, 1.82) is 0 Å². The van der Waals surface area contributed by atoms with Crippen molar-refractivity contribution in [3.05, 3.63) is 93.9 Å². The van der Waals surface area contributed by atoms with E-state index in [-0.39, 0.29) is 29.1 Å². The van der Waals surface area contributed by atoms with E-state index in [1.54, 1.807) is 42.5 Å². The summed E-state index contributed by atoms with van der Waals surface area (Å²) in [6.45, 7) is 2.28. The number of carbonyl (C=O) groups is 3. The summed E-state index contributed by atoms with van der Waals surface area (Å²) in [5.74, 6) is 0.768. The molecule has 1 heterocycles. The number of hydrogen-bond donors (Lipinski definition) is 0. The molecule has 0 aromatic heterocycles. The van der Waals surface area contributed by atoms with Crippen LogP contribution in [0.25, 0.3) is 6.08 Å². The maximum absolute atomic E-state index is 13.1. The third kappa shape index (κ3) is 5.44. The van der Waals surface area contributed by atoms with Crippen LogP contribution in [0.3, 0.4) is 0 Å². The number of carbonyl (C=O) groups excluding carboxylic acids is 3. The van der Waals surface area contributed by atoms with Gasteiger partial charge < -0.3 is 14.2 Å². The minimum absolute atomic E-state index is 0.118. The van der Waals surface area contributed by atoms with Crippen LogP contribution in [0.15, 0.2) is 71.6 Å². The lowest BCUT2D eigenvalue weighted by Crippen LogP contribution is -2.32. The zero-order chi connectivity index (χ0) is 25.7. The SMILES string of the molecule is COc1cc(OC)c(C(=O)c2ccccc2)cc1/C=C1\SC(=O)N(CCOc2ccc(C)cc2)C1=O. The summed E-state index contributed by atoms with van der Waals surface area (Å²) in [6, 6.07) is 19.6. The molecule has 0 N–H and O–H groups in total. The molecule has 3 aromatic carbocycles. The van der Waals surface area contributed by atoms with Gasteiger partial charge in [0.1, 0.15) is 23.9 Å². The van der Waals surface area contributed by atoms with Gasteiger partial charge in [0.2, 0.25) is 0 Å². The first-order valence-electron chi connectivity index (χ1n) is 11.2. The van der Waals surface area contributed by atoms with Gasteiger partial charge in [0.25, 0.3) is 11.1 Å². The number of hydrogen-bond acceptors (Lipinski definition) is 7. The highest BCUT2D eigenvalue weighted by molar-refractivity contribution is 8.18. The molecule has 1 fully saturated rings. The Bertz CT molecular complexity index is 1320. The van der Waals surface area contributed by atoms with Crippen LogP contribution in [0.5, 0.6) is 17.2 Å². The van der Waals surface area contributed by atoms with Crippen LogP contribution in [-0.2, 0) is 4.79 Å². The molecule has 0 aliphatic carbocycles. The molecule has 0 bridgehead atoms. The van der Waals surface area contributed by atoms with Crippen molar-refractivity contribution in [2.75, 3.05) is 27.4 Å². The van der Waals surface area contributed by atoms with Gasteiger partial charge in [-0.3, -0.25) is 19.3 Å². The molecule has 3 aromatic rings. The lowest BCUT2D eigenvalue weighted by molar-refractivity contribution is -0.123. The lowest BCUT2D eigenvalue weighted by atomic mass is 9.99. The van der Waals surface area contributed by atoms with Crippen molar-refractivity contribution in [2.45, 2.75) is 6.92 Å². The highest BCUT2D eigenvalue weighted by Crippen LogP contribution is 2.37. The van der Waals surface area contributed by atoms with Crippen molar-refractivity contribution >= 4 is 34.8 Å². The maximum atomic E-state index is 13.1. The second-order valence-corrected chi connectivity index (χ2v) is 8.98. The van der Waals surface area contributed by atoms with E-state index in [0.29, 0.717) is 33.9 Å². The van der Waals surface area contributed by atoms with Crippen molar-refractivity contribution in [3.63, 3.8) is 0 Å². The second-order valence-electron chi connectivity index (χ2n) is 7.98. The van der Waals surface area contributed by atoms with Crippen molar-refractivity contribution < 1.29 is 28.6 Å². The zero-order valence-corrected chi connectivity index (χ0v) is 21.0. The molecule has 4 rings (SSSR count).